The van der Waals surface area contributed by atoms with Gasteiger partial charge in [0.2, 0.25) is 5.91 Å². The quantitative estimate of drug-likeness (QED) is 0.348. The van der Waals surface area contributed by atoms with Crippen molar-refractivity contribution in [3.05, 3.63) is 0 Å². The molecule has 9 nitrogen and oxygen atoms in total. The summed E-state index contributed by atoms with van der Waals surface area (Å²) in [6.07, 6.45) is 6.93. The molecule has 0 aromatic heterocycles. The van der Waals surface area contributed by atoms with Gasteiger partial charge in [0, 0.05) is 19.6 Å². The fraction of sp³-hybridized carbons (Fsp3) is 0.974. The van der Waals surface area contributed by atoms with Crippen molar-refractivity contribution < 1.29 is 34.3 Å². The summed E-state index contributed by atoms with van der Waals surface area (Å²) in [5.74, 6) is 1.80. The maximum atomic E-state index is 13.0. The van der Waals surface area contributed by atoms with Gasteiger partial charge in [-0.1, -0.05) is 41.0 Å². The Bertz CT molecular complexity index is 1180. The number of carbonyl (C=O) groups excluding carboxylic acids is 1. The van der Waals surface area contributed by atoms with Gasteiger partial charge < -0.3 is 39.7 Å². The minimum absolute atomic E-state index is 0.0203. The van der Waals surface area contributed by atoms with Gasteiger partial charge >= 0.3 is 0 Å². The zero-order valence-electron chi connectivity index (χ0n) is 30.2. The topological polar surface area (TPSA) is 121 Å². The molecule has 0 aromatic rings. The Labute approximate surface area is 282 Å². The molecular weight excluding hydrogens is 596 g/mol. The second-order valence-electron chi connectivity index (χ2n) is 18.9. The number of hydrogen-bond acceptors (Lipinski definition) is 8. The number of aliphatic hydroxyl groups excluding tert-OH is 2. The molecule has 4 saturated carbocycles. The molecule has 0 radical (unpaired) electrons. The van der Waals surface area contributed by atoms with Gasteiger partial charge in [-0.05, 0) is 111 Å². The zero-order valence-corrected chi connectivity index (χ0v) is 30.2. The summed E-state index contributed by atoms with van der Waals surface area (Å²) in [7, 11) is 0. The van der Waals surface area contributed by atoms with Crippen LogP contribution >= 0.6 is 0 Å². The Morgan fingerprint density at radius 2 is 1.70 bits per heavy atom. The lowest BCUT2D eigenvalue weighted by atomic mass is 9.48. The molecule has 4 N–H and O–H groups in total. The molecular formula is C38H64N2O7. The fourth-order valence-electron chi connectivity index (χ4n) is 12.5. The van der Waals surface area contributed by atoms with E-state index in [4.69, 9.17) is 14.2 Å². The summed E-state index contributed by atoms with van der Waals surface area (Å²) in [4.78, 5) is 14.9. The van der Waals surface area contributed by atoms with Gasteiger partial charge in [-0.2, -0.15) is 0 Å². The Morgan fingerprint density at radius 3 is 2.36 bits per heavy atom. The highest BCUT2D eigenvalue weighted by molar-refractivity contribution is 5.80. The van der Waals surface area contributed by atoms with E-state index in [2.05, 4.69) is 39.9 Å². The molecule has 4 aliphatic carbocycles. The van der Waals surface area contributed by atoms with Gasteiger partial charge in [-0.25, -0.2) is 0 Å². The molecule has 1 amide bonds. The third-order valence-electron chi connectivity index (χ3n) is 15.2. The van der Waals surface area contributed by atoms with Crippen LogP contribution in [0.1, 0.15) is 106 Å². The van der Waals surface area contributed by atoms with E-state index in [9.17, 15) is 20.1 Å². The predicted octanol–water partition coefficient (Wildman–Crippen LogP) is 4.11. The molecule has 7 fully saturated rings. The third-order valence-corrected chi connectivity index (χ3v) is 15.2. The number of nitrogens with zero attached hydrogens (tertiary/aromatic N) is 1. The van der Waals surface area contributed by atoms with E-state index in [0.29, 0.717) is 43.9 Å². The van der Waals surface area contributed by atoms with E-state index >= 15 is 0 Å². The van der Waals surface area contributed by atoms with Crippen molar-refractivity contribution in [2.75, 3.05) is 32.8 Å². The Balaban J connectivity index is 1.09. The van der Waals surface area contributed by atoms with Gasteiger partial charge in [0.05, 0.1) is 49.1 Å². The van der Waals surface area contributed by atoms with E-state index in [1.807, 2.05) is 4.90 Å². The summed E-state index contributed by atoms with van der Waals surface area (Å²) in [6.45, 7) is 18.2. The van der Waals surface area contributed by atoms with Crippen LogP contribution in [-0.4, -0.2) is 101 Å². The molecule has 12 atom stereocenters. The zero-order chi connectivity index (χ0) is 33.7. The van der Waals surface area contributed by atoms with Crippen LogP contribution in [0.5, 0.6) is 0 Å². The Kier molecular flexibility index (Phi) is 8.75. The second-order valence-corrected chi connectivity index (χ2v) is 18.9. The first-order valence-corrected chi connectivity index (χ1v) is 19.0. The number of rotatable bonds is 5. The molecule has 2 spiro atoms. The van der Waals surface area contributed by atoms with Crippen molar-refractivity contribution >= 4 is 5.91 Å². The maximum Gasteiger partial charge on any atom is 0.228 e. The van der Waals surface area contributed by atoms with E-state index in [1.165, 1.54) is 12.8 Å². The molecule has 47 heavy (non-hydrogen) atoms. The first-order valence-electron chi connectivity index (χ1n) is 19.0. The standard InChI is InChI=1S/C38H64N2O7/c1-22-17-25(31(41)36(6,7)44)46-30-24(22)9-8-13-37-21-38(37)14-12-28(34(2,3)26(38)10-11-27(37)35(4,5)32(30)42)47-29-20-40(15-16-45-29)33(43)23-18-39-19-23/h22-32,39,41-42,44H,8-21H2,1-7H3. The SMILES string of the molecule is CC1CC(C(O)C(C)(C)O)OC2C1CCCC13CC14CCC(OC1CN(C(=O)C5CNC5)CCO1)C(C)(C)C4CCC3C(C)(C)C2O. The predicted molar refractivity (Wildman–Crippen MR) is 178 cm³/mol. The first kappa shape index (κ1) is 34.6. The molecule has 3 aliphatic heterocycles. The van der Waals surface area contributed by atoms with Gasteiger partial charge in [0.1, 0.15) is 6.10 Å². The highest BCUT2D eigenvalue weighted by Gasteiger charge is 2.79. The summed E-state index contributed by atoms with van der Waals surface area (Å²) in [5, 5.41) is 37.2. The molecule has 7 aliphatic rings. The van der Waals surface area contributed by atoms with Gasteiger partial charge in [0.15, 0.2) is 6.29 Å². The number of morpholine rings is 1. The van der Waals surface area contributed by atoms with Crippen LogP contribution in [0.4, 0.5) is 0 Å². The number of nitrogens with one attached hydrogen (secondary N) is 1. The number of aliphatic hydroxyl groups is 3. The number of ether oxygens (including phenoxy) is 3. The average Bonchev–Trinajstić information content (AvgIpc) is 3.64. The Morgan fingerprint density at radius 1 is 1.02 bits per heavy atom. The molecule has 0 bridgehead atoms. The minimum atomic E-state index is -1.26. The normalized spacial score (nSPS) is 47.0. The molecule has 7 rings (SSSR count). The van der Waals surface area contributed by atoms with Crippen molar-refractivity contribution in [2.45, 2.75) is 149 Å². The molecule has 9 heteroatoms. The van der Waals surface area contributed by atoms with E-state index in [1.54, 1.807) is 13.8 Å². The minimum Gasteiger partial charge on any atom is -0.390 e. The van der Waals surface area contributed by atoms with Crippen LogP contribution < -0.4 is 5.32 Å². The summed E-state index contributed by atoms with van der Waals surface area (Å²) in [5.41, 5.74) is -1.14. The lowest BCUT2D eigenvalue weighted by Crippen LogP contribution is -2.59. The molecule has 268 valence electrons. The third kappa shape index (κ3) is 5.47. The van der Waals surface area contributed by atoms with Crippen LogP contribution in [0.15, 0.2) is 0 Å². The monoisotopic (exact) mass is 660 g/mol. The Hall–Kier alpha value is -0.810. The van der Waals surface area contributed by atoms with Crippen molar-refractivity contribution in [1.82, 2.24) is 10.2 Å². The van der Waals surface area contributed by atoms with E-state index < -0.39 is 23.9 Å². The number of amides is 1. The largest absolute Gasteiger partial charge is 0.390 e. The highest BCUT2D eigenvalue weighted by atomic mass is 16.7. The molecule has 12 unspecified atom stereocenters. The maximum absolute atomic E-state index is 13.0. The molecule has 0 aromatic carbocycles. The van der Waals surface area contributed by atoms with Crippen LogP contribution in [0.25, 0.3) is 0 Å². The van der Waals surface area contributed by atoms with E-state index in [-0.39, 0.29) is 57.9 Å². The number of hydrogen-bond donors (Lipinski definition) is 4. The van der Waals surface area contributed by atoms with Gasteiger partial charge in [0.25, 0.3) is 0 Å². The van der Waals surface area contributed by atoms with Crippen molar-refractivity contribution in [2.24, 2.45) is 51.2 Å². The van der Waals surface area contributed by atoms with Crippen LogP contribution in [0.3, 0.4) is 0 Å². The lowest BCUT2D eigenvalue weighted by molar-refractivity contribution is -0.247. The number of fused-ring (bicyclic) bond motifs is 1. The smallest absolute Gasteiger partial charge is 0.228 e. The van der Waals surface area contributed by atoms with Crippen molar-refractivity contribution in [1.29, 1.82) is 0 Å². The lowest BCUT2D eigenvalue weighted by Gasteiger charge is -2.58. The average molecular weight is 661 g/mol. The molecule has 3 saturated heterocycles. The van der Waals surface area contributed by atoms with Gasteiger partial charge in [-0.15, -0.1) is 0 Å². The second kappa shape index (κ2) is 11.9. The summed E-state index contributed by atoms with van der Waals surface area (Å²) < 4.78 is 19.6. The summed E-state index contributed by atoms with van der Waals surface area (Å²) >= 11 is 0. The van der Waals surface area contributed by atoms with Crippen LogP contribution in [0, 0.1) is 51.2 Å². The number of carbonyl (C=O) groups is 1. The van der Waals surface area contributed by atoms with Crippen molar-refractivity contribution in [3.63, 3.8) is 0 Å². The highest BCUT2D eigenvalue weighted by Crippen LogP contribution is 2.85. The first-order chi connectivity index (χ1) is 22.0. The molecule has 3 heterocycles. The summed E-state index contributed by atoms with van der Waals surface area (Å²) in [6, 6.07) is 0. The van der Waals surface area contributed by atoms with Crippen molar-refractivity contribution in [3.8, 4) is 0 Å². The van der Waals surface area contributed by atoms with Gasteiger partial charge in [-0.3, -0.25) is 4.79 Å². The van der Waals surface area contributed by atoms with Crippen LogP contribution in [-0.2, 0) is 19.0 Å². The van der Waals surface area contributed by atoms with E-state index in [0.717, 1.165) is 51.6 Å². The van der Waals surface area contributed by atoms with Crippen LogP contribution in [0.2, 0.25) is 0 Å². The fourth-order valence-corrected chi connectivity index (χ4v) is 12.5.